The molecule has 1 aromatic carbocycles. The Hall–Kier alpha value is -2.82. The molecule has 0 aliphatic rings. The summed E-state index contributed by atoms with van der Waals surface area (Å²) >= 11 is 0. The second-order valence-corrected chi connectivity index (χ2v) is 5.05. The van der Waals surface area contributed by atoms with Crippen molar-refractivity contribution in [2.45, 2.75) is 20.5 Å². The van der Waals surface area contributed by atoms with Gasteiger partial charge in [0, 0.05) is 23.1 Å². The molecule has 0 amide bonds. The lowest BCUT2D eigenvalue weighted by atomic mass is 10.1. The Kier molecular flexibility index (Phi) is 3.55. The van der Waals surface area contributed by atoms with Crippen molar-refractivity contribution in [1.82, 2.24) is 0 Å². The first-order valence-corrected chi connectivity index (χ1v) is 6.79. The Bertz CT molecular complexity index is 949. The van der Waals surface area contributed by atoms with Crippen molar-refractivity contribution in [3.63, 3.8) is 0 Å². The summed E-state index contributed by atoms with van der Waals surface area (Å²) in [4.78, 5) is 23.4. The van der Waals surface area contributed by atoms with Gasteiger partial charge in [0.15, 0.2) is 0 Å². The minimum atomic E-state index is -0.452. The number of ether oxygens (including phenoxy) is 1. The van der Waals surface area contributed by atoms with Crippen LogP contribution < -0.4 is 15.8 Å². The van der Waals surface area contributed by atoms with Crippen molar-refractivity contribution in [1.29, 1.82) is 0 Å². The van der Waals surface area contributed by atoms with Crippen LogP contribution in [0.1, 0.15) is 16.9 Å². The van der Waals surface area contributed by atoms with Crippen molar-refractivity contribution in [2.24, 2.45) is 0 Å². The molecule has 0 unspecified atom stereocenters. The van der Waals surface area contributed by atoms with Gasteiger partial charge in [-0.15, -0.1) is 0 Å². The van der Waals surface area contributed by atoms with Gasteiger partial charge in [0.1, 0.15) is 18.0 Å². The van der Waals surface area contributed by atoms with Crippen LogP contribution in [0.4, 0.5) is 0 Å². The van der Waals surface area contributed by atoms with Crippen molar-refractivity contribution in [2.75, 3.05) is 0 Å². The molecule has 0 aliphatic carbocycles. The van der Waals surface area contributed by atoms with Crippen LogP contribution >= 0.6 is 0 Å². The second kappa shape index (κ2) is 5.52. The maximum Gasteiger partial charge on any atom is 0.336 e. The van der Waals surface area contributed by atoms with Crippen LogP contribution in [0.5, 0.6) is 5.75 Å². The summed E-state index contributed by atoms with van der Waals surface area (Å²) in [5, 5.41) is 0.789. The van der Waals surface area contributed by atoms with E-state index in [1.54, 1.807) is 13.0 Å². The number of hydrogen-bond acceptors (Lipinski definition) is 5. The molecule has 0 fully saturated rings. The third-order valence-corrected chi connectivity index (χ3v) is 3.36. The number of benzene rings is 1. The van der Waals surface area contributed by atoms with E-state index >= 15 is 0 Å². The molecule has 0 bridgehead atoms. The van der Waals surface area contributed by atoms with E-state index in [0.717, 1.165) is 10.9 Å². The van der Waals surface area contributed by atoms with Crippen molar-refractivity contribution < 1.29 is 13.6 Å². The highest BCUT2D eigenvalue weighted by Crippen LogP contribution is 2.20. The second-order valence-electron chi connectivity index (χ2n) is 5.05. The van der Waals surface area contributed by atoms with Crippen LogP contribution in [0.2, 0.25) is 0 Å². The van der Waals surface area contributed by atoms with Crippen LogP contribution in [0.25, 0.3) is 11.0 Å². The Balaban J connectivity index is 2.02. The standard InChI is InChI=1S/C17H14O5/c1-10-3-4-15-13(7-10)12(8-16(19)22-15)9-21-17-11(2)20-6-5-14(17)18/h3-8H,9H2,1-2H3. The first kappa shape index (κ1) is 14.1. The monoisotopic (exact) mass is 298 g/mol. The lowest BCUT2D eigenvalue weighted by Crippen LogP contribution is -2.10. The highest BCUT2D eigenvalue weighted by Gasteiger charge is 2.10. The molecule has 0 N–H and O–H groups in total. The van der Waals surface area contributed by atoms with E-state index in [2.05, 4.69) is 0 Å². The molecule has 0 saturated heterocycles. The third kappa shape index (κ3) is 2.65. The van der Waals surface area contributed by atoms with Gasteiger partial charge >= 0.3 is 5.63 Å². The minimum absolute atomic E-state index is 0.0845. The smallest absolute Gasteiger partial charge is 0.336 e. The Morgan fingerprint density at radius 3 is 2.68 bits per heavy atom. The predicted molar refractivity (Wildman–Crippen MR) is 81.3 cm³/mol. The first-order chi connectivity index (χ1) is 10.5. The summed E-state index contributed by atoms with van der Waals surface area (Å²) in [5.41, 5.74) is 1.49. The zero-order chi connectivity index (χ0) is 15.7. The van der Waals surface area contributed by atoms with Crippen LogP contribution in [-0.2, 0) is 6.61 Å². The van der Waals surface area contributed by atoms with E-state index in [9.17, 15) is 9.59 Å². The quantitative estimate of drug-likeness (QED) is 0.695. The zero-order valence-corrected chi connectivity index (χ0v) is 12.2. The van der Waals surface area contributed by atoms with E-state index in [1.807, 2.05) is 19.1 Å². The number of fused-ring (bicyclic) bond motifs is 1. The van der Waals surface area contributed by atoms with E-state index in [4.69, 9.17) is 13.6 Å². The largest absolute Gasteiger partial charge is 0.482 e. The van der Waals surface area contributed by atoms with E-state index < -0.39 is 5.63 Å². The van der Waals surface area contributed by atoms with Crippen LogP contribution in [0, 0.1) is 13.8 Å². The molecule has 5 nitrogen and oxygen atoms in total. The van der Waals surface area contributed by atoms with Crippen molar-refractivity contribution in [3.05, 3.63) is 74.1 Å². The summed E-state index contributed by atoms with van der Waals surface area (Å²) in [6.45, 7) is 3.69. The molecule has 3 rings (SSSR count). The fraction of sp³-hybridized carbons (Fsp3) is 0.176. The predicted octanol–water partition coefficient (Wildman–Crippen LogP) is 2.94. The van der Waals surface area contributed by atoms with E-state index in [-0.39, 0.29) is 17.8 Å². The topological polar surface area (TPSA) is 69.7 Å². The Labute approximate surface area is 125 Å². The van der Waals surface area contributed by atoms with Crippen molar-refractivity contribution >= 4 is 11.0 Å². The highest BCUT2D eigenvalue weighted by molar-refractivity contribution is 5.80. The van der Waals surface area contributed by atoms with Crippen LogP contribution in [0.15, 0.2) is 55.0 Å². The molecule has 22 heavy (non-hydrogen) atoms. The van der Waals surface area contributed by atoms with Gasteiger partial charge in [0.25, 0.3) is 0 Å². The third-order valence-electron chi connectivity index (χ3n) is 3.36. The van der Waals surface area contributed by atoms with Gasteiger partial charge in [-0.2, -0.15) is 0 Å². The molecular weight excluding hydrogens is 284 g/mol. The van der Waals surface area contributed by atoms with Gasteiger partial charge in [-0.3, -0.25) is 4.79 Å². The van der Waals surface area contributed by atoms with E-state index in [0.29, 0.717) is 16.9 Å². The number of aryl methyl sites for hydroxylation is 2. The fourth-order valence-electron chi connectivity index (χ4n) is 2.28. The fourth-order valence-corrected chi connectivity index (χ4v) is 2.28. The van der Waals surface area contributed by atoms with Gasteiger partial charge in [-0.25, -0.2) is 4.79 Å². The molecule has 3 aromatic rings. The van der Waals surface area contributed by atoms with Gasteiger partial charge in [-0.05, 0) is 26.0 Å². The molecule has 0 saturated carbocycles. The average molecular weight is 298 g/mol. The lowest BCUT2D eigenvalue weighted by Gasteiger charge is -2.09. The Morgan fingerprint density at radius 1 is 1.09 bits per heavy atom. The average Bonchev–Trinajstić information content (AvgIpc) is 2.47. The molecule has 2 aromatic heterocycles. The highest BCUT2D eigenvalue weighted by atomic mass is 16.5. The molecular formula is C17H14O5. The molecule has 2 heterocycles. The molecule has 5 heteroatoms. The molecule has 0 spiro atoms. The molecule has 0 atom stereocenters. The number of rotatable bonds is 3. The van der Waals surface area contributed by atoms with Crippen LogP contribution in [-0.4, -0.2) is 0 Å². The molecule has 112 valence electrons. The van der Waals surface area contributed by atoms with Gasteiger partial charge in [0.05, 0.1) is 6.26 Å². The summed E-state index contributed by atoms with van der Waals surface area (Å²) in [6, 6.07) is 8.20. The van der Waals surface area contributed by atoms with Gasteiger partial charge < -0.3 is 13.6 Å². The van der Waals surface area contributed by atoms with Crippen molar-refractivity contribution in [3.8, 4) is 5.75 Å². The maximum atomic E-state index is 11.8. The maximum absolute atomic E-state index is 11.8. The Morgan fingerprint density at radius 2 is 1.91 bits per heavy atom. The molecule has 0 radical (unpaired) electrons. The van der Waals surface area contributed by atoms with Crippen LogP contribution in [0.3, 0.4) is 0 Å². The normalized spacial score (nSPS) is 10.8. The van der Waals surface area contributed by atoms with Gasteiger partial charge in [-0.1, -0.05) is 11.6 Å². The summed E-state index contributed by atoms with van der Waals surface area (Å²) in [7, 11) is 0. The van der Waals surface area contributed by atoms with Gasteiger partial charge in [0.2, 0.25) is 11.2 Å². The summed E-state index contributed by atoms with van der Waals surface area (Å²) < 4.78 is 15.9. The first-order valence-electron chi connectivity index (χ1n) is 6.79. The minimum Gasteiger partial charge on any atom is -0.482 e. The lowest BCUT2D eigenvalue weighted by molar-refractivity contribution is 0.287. The number of hydrogen-bond donors (Lipinski definition) is 0. The van der Waals surface area contributed by atoms with E-state index in [1.165, 1.54) is 18.4 Å². The SMILES string of the molecule is Cc1ccc2oc(=O)cc(COc3c(C)occc3=O)c2c1. The zero-order valence-electron chi connectivity index (χ0n) is 12.2. The molecule has 0 aliphatic heterocycles. The summed E-state index contributed by atoms with van der Waals surface area (Å²) in [6.07, 6.45) is 1.32. The summed E-state index contributed by atoms with van der Waals surface area (Å²) in [5.74, 6) is 0.549.